The molecule has 0 amide bonds. The van der Waals surface area contributed by atoms with Gasteiger partial charge >= 0.3 is 0 Å². The first kappa shape index (κ1) is 12.4. The number of aryl methyl sites for hydroxylation is 1. The van der Waals surface area contributed by atoms with Gasteiger partial charge in [0.15, 0.2) is 0 Å². The molecule has 0 atom stereocenters. The minimum Gasteiger partial charge on any atom is -0.317 e. The van der Waals surface area contributed by atoms with Crippen LogP contribution < -0.4 is 5.32 Å². The molecule has 0 unspecified atom stereocenters. The molecule has 0 saturated carbocycles. The molecule has 1 N–H and O–H groups in total. The van der Waals surface area contributed by atoms with Gasteiger partial charge in [0.25, 0.3) is 0 Å². The third kappa shape index (κ3) is 2.87. The minimum atomic E-state index is 0.834. The summed E-state index contributed by atoms with van der Waals surface area (Å²) in [6.45, 7) is 4.38. The van der Waals surface area contributed by atoms with Crippen molar-refractivity contribution in [3.8, 4) is 5.69 Å². The number of nitrogens with zero attached hydrogens (tertiary/aromatic N) is 2. The highest BCUT2D eigenvalue weighted by Gasteiger charge is 2.13. The fourth-order valence-corrected chi connectivity index (χ4v) is 2.90. The van der Waals surface area contributed by atoms with E-state index in [1.165, 1.54) is 43.6 Å². The van der Waals surface area contributed by atoms with E-state index in [4.69, 9.17) is 0 Å². The fourth-order valence-electron chi connectivity index (χ4n) is 2.90. The van der Waals surface area contributed by atoms with Crippen LogP contribution in [0, 0.1) is 12.8 Å². The highest BCUT2D eigenvalue weighted by atomic mass is 15.1. The van der Waals surface area contributed by atoms with Gasteiger partial charge in [0, 0.05) is 18.1 Å². The van der Waals surface area contributed by atoms with E-state index in [1.54, 1.807) is 0 Å². The molecule has 3 nitrogen and oxygen atoms in total. The fraction of sp³-hybridized carbons (Fsp3) is 0.438. The molecule has 1 fully saturated rings. The summed E-state index contributed by atoms with van der Waals surface area (Å²) < 4.78 is 2.14. The lowest BCUT2D eigenvalue weighted by Crippen LogP contribution is -2.28. The quantitative estimate of drug-likeness (QED) is 0.914. The molecule has 2 heterocycles. The number of piperidine rings is 1. The van der Waals surface area contributed by atoms with Crippen LogP contribution in [-0.2, 0) is 6.42 Å². The maximum Gasteiger partial charge on any atom is 0.110 e. The normalized spacial score (nSPS) is 16.7. The molecule has 3 heteroatoms. The van der Waals surface area contributed by atoms with Gasteiger partial charge in [-0.1, -0.05) is 12.1 Å². The topological polar surface area (TPSA) is 29.9 Å². The zero-order valence-electron chi connectivity index (χ0n) is 11.5. The average molecular weight is 255 g/mol. The molecule has 0 radical (unpaired) electrons. The first-order valence-corrected chi connectivity index (χ1v) is 7.13. The standard InChI is InChI=1S/C16H21N3/c1-13-18-9-10-19(13)16-4-2-3-15(12-16)11-14-5-7-17-8-6-14/h2-4,9-10,12,14,17H,5-8,11H2,1H3. The molecule has 19 heavy (non-hydrogen) atoms. The SMILES string of the molecule is Cc1nccn1-c1cccc(CC2CCNCC2)c1. The molecule has 1 aromatic heterocycles. The van der Waals surface area contributed by atoms with E-state index < -0.39 is 0 Å². The highest BCUT2D eigenvalue weighted by Crippen LogP contribution is 2.20. The molecule has 0 spiro atoms. The van der Waals surface area contributed by atoms with Gasteiger partial charge in [-0.2, -0.15) is 0 Å². The molecular weight excluding hydrogens is 234 g/mol. The van der Waals surface area contributed by atoms with E-state index in [0.29, 0.717) is 0 Å². The molecule has 1 aliphatic heterocycles. The van der Waals surface area contributed by atoms with E-state index in [2.05, 4.69) is 39.1 Å². The molecule has 1 aromatic carbocycles. The average Bonchev–Trinajstić information content (AvgIpc) is 2.86. The summed E-state index contributed by atoms with van der Waals surface area (Å²) in [4.78, 5) is 4.29. The second kappa shape index (κ2) is 5.57. The molecule has 1 aliphatic rings. The summed E-state index contributed by atoms with van der Waals surface area (Å²) in [6.07, 6.45) is 7.68. The Morgan fingerprint density at radius 1 is 1.32 bits per heavy atom. The van der Waals surface area contributed by atoms with Crippen molar-refractivity contribution < 1.29 is 0 Å². The molecule has 100 valence electrons. The van der Waals surface area contributed by atoms with E-state index in [1.807, 2.05) is 19.3 Å². The van der Waals surface area contributed by atoms with Crippen molar-refractivity contribution >= 4 is 0 Å². The summed E-state index contributed by atoms with van der Waals surface area (Å²) in [5, 5.41) is 3.43. The van der Waals surface area contributed by atoms with Crippen molar-refractivity contribution in [2.75, 3.05) is 13.1 Å². The van der Waals surface area contributed by atoms with Crippen LogP contribution in [0.2, 0.25) is 0 Å². The van der Waals surface area contributed by atoms with Crippen molar-refractivity contribution in [2.45, 2.75) is 26.2 Å². The monoisotopic (exact) mass is 255 g/mol. The van der Waals surface area contributed by atoms with Crippen LogP contribution in [0.3, 0.4) is 0 Å². The van der Waals surface area contributed by atoms with E-state index in [0.717, 1.165) is 11.7 Å². The lowest BCUT2D eigenvalue weighted by Gasteiger charge is -2.22. The third-order valence-corrected chi connectivity index (χ3v) is 4.00. The smallest absolute Gasteiger partial charge is 0.110 e. The predicted molar refractivity (Wildman–Crippen MR) is 77.6 cm³/mol. The van der Waals surface area contributed by atoms with Crippen LogP contribution in [0.15, 0.2) is 36.7 Å². The Morgan fingerprint density at radius 2 is 2.16 bits per heavy atom. The zero-order chi connectivity index (χ0) is 13.1. The summed E-state index contributed by atoms with van der Waals surface area (Å²) in [5.41, 5.74) is 2.67. The number of rotatable bonds is 3. The molecule has 2 aromatic rings. The predicted octanol–water partition coefficient (Wildman–Crippen LogP) is 2.72. The molecule has 3 rings (SSSR count). The number of nitrogens with one attached hydrogen (secondary N) is 1. The van der Waals surface area contributed by atoms with Crippen LogP contribution >= 0.6 is 0 Å². The lowest BCUT2D eigenvalue weighted by molar-refractivity contribution is 0.372. The van der Waals surface area contributed by atoms with Gasteiger partial charge in [-0.15, -0.1) is 0 Å². The van der Waals surface area contributed by atoms with E-state index in [-0.39, 0.29) is 0 Å². The highest BCUT2D eigenvalue weighted by molar-refractivity contribution is 5.37. The third-order valence-electron chi connectivity index (χ3n) is 4.00. The van der Waals surface area contributed by atoms with E-state index >= 15 is 0 Å². The summed E-state index contributed by atoms with van der Waals surface area (Å²) in [6, 6.07) is 8.86. The van der Waals surface area contributed by atoms with Crippen molar-refractivity contribution in [3.05, 3.63) is 48.0 Å². The van der Waals surface area contributed by atoms with Crippen molar-refractivity contribution in [1.82, 2.24) is 14.9 Å². The van der Waals surface area contributed by atoms with Crippen LogP contribution in [0.5, 0.6) is 0 Å². The Labute approximate surface area is 114 Å². The van der Waals surface area contributed by atoms with Gasteiger partial charge in [-0.3, -0.25) is 0 Å². The van der Waals surface area contributed by atoms with Gasteiger partial charge in [0.2, 0.25) is 0 Å². The van der Waals surface area contributed by atoms with Crippen molar-refractivity contribution in [2.24, 2.45) is 5.92 Å². The molecule has 0 aliphatic carbocycles. The van der Waals surface area contributed by atoms with Gasteiger partial charge in [0.1, 0.15) is 5.82 Å². The second-order valence-electron chi connectivity index (χ2n) is 5.41. The zero-order valence-corrected chi connectivity index (χ0v) is 11.5. The number of benzene rings is 1. The number of aromatic nitrogens is 2. The molecular formula is C16H21N3. The van der Waals surface area contributed by atoms with Crippen LogP contribution in [0.4, 0.5) is 0 Å². The molecule has 0 bridgehead atoms. The first-order valence-electron chi connectivity index (χ1n) is 7.13. The van der Waals surface area contributed by atoms with Crippen molar-refractivity contribution in [1.29, 1.82) is 0 Å². The summed E-state index contributed by atoms with van der Waals surface area (Å²) >= 11 is 0. The van der Waals surface area contributed by atoms with Gasteiger partial charge in [-0.25, -0.2) is 4.98 Å². The van der Waals surface area contributed by atoms with Gasteiger partial charge in [-0.05, 0) is 62.9 Å². The Kier molecular flexibility index (Phi) is 3.65. The summed E-state index contributed by atoms with van der Waals surface area (Å²) in [5.74, 6) is 1.87. The Hall–Kier alpha value is -1.61. The molecule has 1 saturated heterocycles. The maximum atomic E-state index is 4.29. The van der Waals surface area contributed by atoms with Crippen LogP contribution in [0.1, 0.15) is 24.2 Å². The maximum absolute atomic E-state index is 4.29. The Balaban J connectivity index is 1.78. The van der Waals surface area contributed by atoms with Crippen LogP contribution in [0.25, 0.3) is 5.69 Å². The Morgan fingerprint density at radius 3 is 2.89 bits per heavy atom. The van der Waals surface area contributed by atoms with Gasteiger partial charge < -0.3 is 9.88 Å². The largest absolute Gasteiger partial charge is 0.317 e. The lowest BCUT2D eigenvalue weighted by atomic mass is 9.91. The number of hydrogen-bond donors (Lipinski definition) is 1. The van der Waals surface area contributed by atoms with Crippen molar-refractivity contribution in [3.63, 3.8) is 0 Å². The summed E-state index contributed by atoms with van der Waals surface area (Å²) in [7, 11) is 0. The second-order valence-corrected chi connectivity index (χ2v) is 5.41. The number of imidazole rings is 1. The minimum absolute atomic E-state index is 0.834. The van der Waals surface area contributed by atoms with E-state index in [9.17, 15) is 0 Å². The first-order chi connectivity index (χ1) is 9.33. The van der Waals surface area contributed by atoms with Gasteiger partial charge in [0.05, 0.1) is 0 Å². The Bertz CT molecular complexity index is 538. The van der Waals surface area contributed by atoms with Crippen LogP contribution in [-0.4, -0.2) is 22.6 Å². The number of hydrogen-bond acceptors (Lipinski definition) is 2.